The number of halogens is 3. The highest BCUT2D eigenvalue weighted by molar-refractivity contribution is 5.98. The van der Waals surface area contributed by atoms with Crippen LogP contribution in [0.15, 0.2) is 42.7 Å². The smallest absolute Gasteiger partial charge is 0.381 e. The largest absolute Gasteiger partial charge is 0.416 e. The van der Waals surface area contributed by atoms with Crippen molar-refractivity contribution >= 4 is 28.4 Å². The molecule has 1 aliphatic rings. The van der Waals surface area contributed by atoms with Crippen LogP contribution in [0.2, 0.25) is 0 Å². The van der Waals surface area contributed by atoms with Crippen molar-refractivity contribution in [2.75, 3.05) is 12.3 Å². The monoisotopic (exact) mass is 440 g/mol. The Labute approximate surface area is 180 Å². The first kappa shape index (κ1) is 20.2. The molecular formula is C22H19F3N6O. The molecule has 0 radical (unpaired) electrons. The average molecular weight is 440 g/mol. The number of fused-ring (bicyclic) bond motifs is 4. The third-order valence-corrected chi connectivity index (χ3v) is 5.99. The topological polar surface area (TPSA) is 89.4 Å². The van der Waals surface area contributed by atoms with Crippen LogP contribution in [0.5, 0.6) is 0 Å². The lowest BCUT2D eigenvalue weighted by Crippen LogP contribution is -2.34. The summed E-state index contributed by atoms with van der Waals surface area (Å²) >= 11 is 0. The van der Waals surface area contributed by atoms with Crippen LogP contribution < -0.4 is 5.73 Å². The highest BCUT2D eigenvalue weighted by Gasteiger charge is 2.35. The van der Waals surface area contributed by atoms with Gasteiger partial charge in [0.15, 0.2) is 5.82 Å². The Hall–Kier alpha value is -3.69. The van der Waals surface area contributed by atoms with E-state index >= 15 is 0 Å². The normalized spacial score (nSPS) is 15.9. The van der Waals surface area contributed by atoms with Crippen LogP contribution in [0, 0.1) is 0 Å². The molecule has 7 nitrogen and oxygen atoms in total. The number of aryl methyl sites for hydroxylation is 1. The van der Waals surface area contributed by atoms with Gasteiger partial charge in [-0.3, -0.25) is 9.20 Å². The predicted octanol–water partition coefficient (Wildman–Crippen LogP) is 4.03. The van der Waals surface area contributed by atoms with Crippen molar-refractivity contribution in [3.8, 4) is 0 Å². The van der Waals surface area contributed by atoms with Crippen LogP contribution in [-0.4, -0.2) is 36.9 Å². The Morgan fingerprint density at radius 2 is 2.06 bits per heavy atom. The number of hydrogen-bond donors (Lipinski definition) is 1. The molecule has 1 amide bonds. The lowest BCUT2D eigenvalue weighted by atomic mass is 10.0. The van der Waals surface area contributed by atoms with E-state index in [-0.39, 0.29) is 17.8 Å². The molecule has 0 aliphatic heterocycles. The number of nitrogen functional groups attached to an aromatic ring is 1. The second-order valence-electron chi connectivity index (χ2n) is 7.78. The van der Waals surface area contributed by atoms with Crippen LogP contribution in [0.25, 0.3) is 16.7 Å². The van der Waals surface area contributed by atoms with Crippen LogP contribution in [0.3, 0.4) is 0 Å². The Morgan fingerprint density at radius 1 is 1.25 bits per heavy atom. The molecule has 2 N–H and O–H groups in total. The zero-order chi connectivity index (χ0) is 22.6. The van der Waals surface area contributed by atoms with E-state index in [2.05, 4.69) is 15.2 Å². The van der Waals surface area contributed by atoms with Gasteiger partial charge in [0.2, 0.25) is 5.65 Å². The summed E-state index contributed by atoms with van der Waals surface area (Å²) in [5, 5.41) is 7.82. The number of nitrogens with two attached hydrogens (primary N) is 1. The SMILES string of the molecule is CCN(C(=O)c1ccc2nc(N)c3nncn3c2c1)C1CCc2cc(C(F)(F)F)ccc21. The molecule has 1 unspecified atom stereocenters. The summed E-state index contributed by atoms with van der Waals surface area (Å²) in [5.74, 6) is 0.0373. The number of nitrogens with zero attached hydrogens (tertiary/aromatic N) is 5. The summed E-state index contributed by atoms with van der Waals surface area (Å²) in [6.07, 6.45) is -1.80. The fourth-order valence-electron chi connectivity index (χ4n) is 4.48. The van der Waals surface area contributed by atoms with Gasteiger partial charge < -0.3 is 10.6 Å². The van der Waals surface area contributed by atoms with E-state index in [9.17, 15) is 18.0 Å². The third kappa shape index (κ3) is 3.14. The molecule has 32 heavy (non-hydrogen) atoms. The van der Waals surface area contributed by atoms with Gasteiger partial charge in [-0.15, -0.1) is 10.2 Å². The van der Waals surface area contributed by atoms with Crippen LogP contribution in [-0.2, 0) is 12.6 Å². The van der Waals surface area contributed by atoms with E-state index in [4.69, 9.17) is 5.73 Å². The van der Waals surface area contributed by atoms with E-state index in [1.54, 1.807) is 27.5 Å². The minimum absolute atomic E-state index is 0.204. The first-order chi connectivity index (χ1) is 15.3. The van der Waals surface area contributed by atoms with E-state index in [0.29, 0.717) is 47.2 Å². The standard InChI is InChI=1S/C22H19F3N6O/c1-2-30(17-8-4-12-9-14(22(23,24)25)5-6-15(12)17)21(32)13-3-7-16-18(10-13)31-11-27-29-20(31)19(26)28-16/h3,5-7,9-11,17H,2,4,8H2,1H3,(H2,26,28). The molecule has 164 valence electrons. The Morgan fingerprint density at radius 3 is 2.81 bits per heavy atom. The maximum atomic E-state index is 13.4. The van der Waals surface area contributed by atoms with Crippen molar-refractivity contribution in [1.29, 1.82) is 0 Å². The molecule has 2 aromatic heterocycles. The quantitative estimate of drug-likeness (QED) is 0.520. The number of hydrogen-bond acceptors (Lipinski definition) is 5. The highest BCUT2D eigenvalue weighted by Crippen LogP contribution is 2.40. The van der Waals surface area contributed by atoms with Gasteiger partial charge in [-0.05, 0) is 61.2 Å². The molecule has 2 heterocycles. The molecule has 0 bridgehead atoms. The van der Waals surface area contributed by atoms with Gasteiger partial charge in [0.1, 0.15) is 6.33 Å². The number of benzene rings is 2. The van der Waals surface area contributed by atoms with Crippen LogP contribution >= 0.6 is 0 Å². The van der Waals surface area contributed by atoms with Gasteiger partial charge in [0.05, 0.1) is 22.6 Å². The Bertz CT molecular complexity index is 1360. The van der Waals surface area contributed by atoms with Crippen LogP contribution in [0.1, 0.15) is 46.4 Å². The zero-order valence-corrected chi connectivity index (χ0v) is 17.1. The number of aromatic nitrogens is 4. The molecule has 4 aromatic rings. The minimum Gasteiger partial charge on any atom is -0.381 e. The van der Waals surface area contributed by atoms with Gasteiger partial charge in [0, 0.05) is 12.1 Å². The lowest BCUT2D eigenvalue weighted by Gasteiger charge is -2.29. The molecule has 0 saturated heterocycles. The van der Waals surface area contributed by atoms with Crippen molar-refractivity contribution < 1.29 is 18.0 Å². The van der Waals surface area contributed by atoms with Gasteiger partial charge in [-0.1, -0.05) is 6.07 Å². The number of amides is 1. The zero-order valence-electron chi connectivity index (χ0n) is 17.1. The van der Waals surface area contributed by atoms with Crippen molar-refractivity contribution in [1.82, 2.24) is 24.5 Å². The molecule has 5 rings (SSSR count). The molecule has 0 fully saturated rings. The number of rotatable bonds is 3. The Kier molecular flexibility index (Phi) is 4.54. The molecule has 0 saturated carbocycles. The summed E-state index contributed by atoms with van der Waals surface area (Å²) in [5.41, 5.74) is 8.75. The van der Waals surface area contributed by atoms with Crippen molar-refractivity contribution in [3.05, 3.63) is 65.0 Å². The Balaban J connectivity index is 1.52. The molecule has 10 heteroatoms. The van der Waals surface area contributed by atoms with Crippen LogP contribution in [0.4, 0.5) is 19.0 Å². The van der Waals surface area contributed by atoms with E-state index in [0.717, 1.165) is 11.6 Å². The highest BCUT2D eigenvalue weighted by atomic mass is 19.4. The summed E-state index contributed by atoms with van der Waals surface area (Å²) in [7, 11) is 0. The number of carbonyl (C=O) groups excluding carboxylic acids is 1. The van der Waals surface area contributed by atoms with Gasteiger partial charge in [-0.2, -0.15) is 13.2 Å². The summed E-state index contributed by atoms with van der Waals surface area (Å²) in [6.45, 7) is 2.28. The summed E-state index contributed by atoms with van der Waals surface area (Å²) in [4.78, 5) is 19.5. The molecule has 2 aromatic carbocycles. The van der Waals surface area contributed by atoms with Crippen molar-refractivity contribution in [2.45, 2.75) is 32.0 Å². The van der Waals surface area contributed by atoms with E-state index in [1.807, 2.05) is 6.92 Å². The predicted molar refractivity (Wildman–Crippen MR) is 112 cm³/mol. The molecule has 1 atom stereocenters. The van der Waals surface area contributed by atoms with Gasteiger partial charge in [0.25, 0.3) is 5.91 Å². The maximum absolute atomic E-state index is 13.4. The minimum atomic E-state index is -4.39. The van der Waals surface area contributed by atoms with Gasteiger partial charge >= 0.3 is 6.18 Å². The van der Waals surface area contributed by atoms with Crippen molar-refractivity contribution in [2.24, 2.45) is 0 Å². The van der Waals surface area contributed by atoms with E-state index in [1.165, 1.54) is 18.5 Å². The van der Waals surface area contributed by atoms with E-state index < -0.39 is 11.7 Å². The first-order valence-corrected chi connectivity index (χ1v) is 10.2. The van der Waals surface area contributed by atoms with Crippen molar-refractivity contribution in [3.63, 3.8) is 0 Å². The first-order valence-electron chi connectivity index (χ1n) is 10.2. The number of carbonyl (C=O) groups is 1. The summed E-state index contributed by atoms with van der Waals surface area (Å²) < 4.78 is 40.9. The maximum Gasteiger partial charge on any atom is 0.416 e. The second kappa shape index (κ2) is 7.18. The molecule has 1 aliphatic carbocycles. The van der Waals surface area contributed by atoms with Gasteiger partial charge in [-0.25, -0.2) is 4.98 Å². The molecular weight excluding hydrogens is 421 g/mol. The second-order valence-corrected chi connectivity index (χ2v) is 7.78. The number of alkyl halides is 3. The average Bonchev–Trinajstić information content (AvgIpc) is 3.41. The fraction of sp³-hybridized carbons (Fsp3) is 0.273. The third-order valence-electron chi connectivity index (χ3n) is 5.99. The fourth-order valence-corrected chi connectivity index (χ4v) is 4.48. The summed E-state index contributed by atoms with van der Waals surface area (Å²) in [6, 6.07) is 8.61. The number of anilines is 1. The molecule has 0 spiro atoms. The lowest BCUT2D eigenvalue weighted by molar-refractivity contribution is -0.137.